The van der Waals surface area contributed by atoms with E-state index in [4.69, 9.17) is 10.5 Å². The zero-order chi connectivity index (χ0) is 12.6. The van der Waals surface area contributed by atoms with Crippen molar-refractivity contribution < 1.29 is 14.3 Å². The first-order valence-electron chi connectivity index (χ1n) is 5.27. The molecular weight excluding hydrogens is 355 g/mol. The Balaban J connectivity index is 2.31. The predicted molar refractivity (Wildman–Crippen MR) is 73.6 cm³/mol. The van der Waals surface area contributed by atoms with Crippen molar-refractivity contribution in [2.24, 2.45) is 5.73 Å². The molecule has 2 aliphatic heterocycles. The van der Waals surface area contributed by atoms with E-state index < -0.39 is 12.0 Å². The first-order valence-corrected chi connectivity index (χ1v) is 7.84. The lowest BCUT2D eigenvalue weighted by Gasteiger charge is -2.48. The van der Waals surface area contributed by atoms with Crippen LogP contribution in [0.2, 0.25) is 0 Å². The second-order valence-corrected chi connectivity index (χ2v) is 5.61. The number of alkyl halides is 1. The standard InChI is InChI=1S/C10H13IN2O3S/c1-2-16-10(15)7-5(3-11)4-17-9-6(12)8(14)13(7)9/h6,9H,2-4,12H2,1H3/t6?,9-/m0/s1. The second kappa shape index (κ2) is 5.15. The van der Waals surface area contributed by atoms with Gasteiger partial charge in [-0.25, -0.2) is 4.79 Å². The Morgan fingerprint density at radius 3 is 3.00 bits per heavy atom. The number of nitrogens with two attached hydrogens (primary N) is 1. The molecule has 94 valence electrons. The van der Waals surface area contributed by atoms with E-state index in [9.17, 15) is 9.59 Å². The van der Waals surface area contributed by atoms with Crippen LogP contribution in [-0.2, 0) is 14.3 Å². The smallest absolute Gasteiger partial charge is 0.355 e. The summed E-state index contributed by atoms with van der Waals surface area (Å²) in [5.74, 6) is 0.136. The van der Waals surface area contributed by atoms with Crippen molar-refractivity contribution in [3.8, 4) is 0 Å². The van der Waals surface area contributed by atoms with E-state index in [0.717, 1.165) is 11.3 Å². The molecule has 2 atom stereocenters. The van der Waals surface area contributed by atoms with Gasteiger partial charge in [0.2, 0.25) is 5.91 Å². The molecule has 0 spiro atoms. The fraction of sp³-hybridized carbons (Fsp3) is 0.600. The number of thioether (sulfide) groups is 1. The maximum absolute atomic E-state index is 11.9. The van der Waals surface area contributed by atoms with Gasteiger partial charge in [-0.05, 0) is 12.5 Å². The summed E-state index contributed by atoms with van der Waals surface area (Å²) in [6.07, 6.45) is 0. The van der Waals surface area contributed by atoms with Gasteiger partial charge in [0.25, 0.3) is 0 Å². The first kappa shape index (κ1) is 13.2. The minimum absolute atomic E-state index is 0.103. The molecule has 0 bridgehead atoms. The molecule has 0 aromatic rings. The van der Waals surface area contributed by atoms with Crippen LogP contribution in [0.5, 0.6) is 0 Å². The number of amides is 1. The molecule has 2 aliphatic rings. The van der Waals surface area contributed by atoms with Gasteiger partial charge < -0.3 is 10.5 Å². The highest BCUT2D eigenvalue weighted by Gasteiger charge is 2.51. The van der Waals surface area contributed by atoms with Crippen LogP contribution in [-0.4, -0.2) is 45.0 Å². The van der Waals surface area contributed by atoms with Gasteiger partial charge in [-0.1, -0.05) is 22.6 Å². The fourth-order valence-electron chi connectivity index (χ4n) is 1.87. The van der Waals surface area contributed by atoms with Crippen molar-refractivity contribution in [3.63, 3.8) is 0 Å². The van der Waals surface area contributed by atoms with Gasteiger partial charge in [0, 0.05) is 10.2 Å². The number of fused-ring (bicyclic) bond motifs is 1. The van der Waals surface area contributed by atoms with Gasteiger partial charge in [0.05, 0.1) is 6.61 Å². The highest BCUT2D eigenvalue weighted by atomic mass is 127. The summed E-state index contributed by atoms with van der Waals surface area (Å²) in [7, 11) is 0. The van der Waals surface area contributed by atoms with Crippen LogP contribution in [0.4, 0.5) is 0 Å². The lowest BCUT2D eigenvalue weighted by molar-refractivity contribution is -0.150. The highest BCUT2D eigenvalue weighted by molar-refractivity contribution is 14.1. The number of hydrogen-bond donors (Lipinski definition) is 1. The van der Waals surface area contributed by atoms with Crippen molar-refractivity contribution >= 4 is 46.2 Å². The predicted octanol–water partition coefficient (Wildman–Crippen LogP) is 0.481. The summed E-state index contributed by atoms with van der Waals surface area (Å²) >= 11 is 3.80. The molecule has 5 nitrogen and oxygen atoms in total. The maximum atomic E-state index is 11.9. The van der Waals surface area contributed by atoms with Crippen molar-refractivity contribution in [3.05, 3.63) is 11.3 Å². The van der Waals surface area contributed by atoms with Gasteiger partial charge in [-0.2, -0.15) is 0 Å². The Kier molecular flexibility index (Phi) is 3.99. The molecule has 17 heavy (non-hydrogen) atoms. The Morgan fingerprint density at radius 2 is 2.41 bits per heavy atom. The van der Waals surface area contributed by atoms with Gasteiger partial charge >= 0.3 is 5.97 Å². The molecule has 2 N–H and O–H groups in total. The number of rotatable bonds is 3. The molecule has 1 amide bonds. The Bertz CT molecular complexity index is 399. The molecule has 0 aromatic heterocycles. The maximum Gasteiger partial charge on any atom is 0.355 e. The largest absolute Gasteiger partial charge is 0.461 e. The number of hydrogen-bond acceptors (Lipinski definition) is 5. The number of carbonyl (C=O) groups excluding carboxylic acids is 2. The molecule has 2 heterocycles. The lowest BCUT2D eigenvalue weighted by Crippen LogP contribution is -2.68. The van der Waals surface area contributed by atoms with E-state index in [0.29, 0.717) is 16.7 Å². The summed E-state index contributed by atoms with van der Waals surface area (Å²) < 4.78 is 5.72. The number of β-lactam (4-membered cyclic amide) rings is 1. The summed E-state index contributed by atoms with van der Waals surface area (Å²) in [5, 5.41) is -0.103. The number of carbonyl (C=O) groups is 2. The third-order valence-electron chi connectivity index (χ3n) is 2.72. The van der Waals surface area contributed by atoms with Crippen LogP contribution < -0.4 is 5.73 Å². The Labute approximate surface area is 117 Å². The van der Waals surface area contributed by atoms with Gasteiger partial charge in [0.1, 0.15) is 17.1 Å². The zero-order valence-electron chi connectivity index (χ0n) is 9.31. The van der Waals surface area contributed by atoms with Crippen LogP contribution in [0.25, 0.3) is 0 Å². The summed E-state index contributed by atoms with van der Waals surface area (Å²) in [6.45, 7) is 2.06. The van der Waals surface area contributed by atoms with Crippen LogP contribution in [0.1, 0.15) is 6.92 Å². The Hall–Kier alpha value is -0.280. The zero-order valence-corrected chi connectivity index (χ0v) is 12.3. The van der Waals surface area contributed by atoms with Gasteiger partial charge in [0.15, 0.2) is 0 Å². The SMILES string of the molecule is CCOC(=O)C1=C(CI)CS[C@H]2C(N)C(=O)N12. The molecule has 1 saturated heterocycles. The minimum atomic E-state index is -0.486. The monoisotopic (exact) mass is 368 g/mol. The molecule has 0 aliphatic carbocycles. The summed E-state index contributed by atoms with van der Waals surface area (Å²) in [6, 6.07) is -0.486. The summed E-state index contributed by atoms with van der Waals surface area (Å²) in [5.41, 5.74) is 7.07. The average Bonchev–Trinajstić information content (AvgIpc) is 2.36. The van der Waals surface area contributed by atoms with Crippen molar-refractivity contribution in [1.82, 2.24) is 4.90 Å². The summed E-state index contributed by atoms with van der Waals surface area (Å²) in [4.78, 5) is 25.1. The lowest BCUT2D eigenvalue weighted by atomic mass is 10.0. The quantitative estimate of drug-likeness (QED) is 0.340. The van der Waals surface area contributed by atoms with Crippen molar-refractivity contribution in [1.29, 1.82) is 0 Å². The molecule has 0 saturated carbocycles. The first-order chi connectivity index (χ1) is 8.11. The number of halogens is 1. The number of nitrogens with zero attached hydrogens (tertiary/aromatic N) is 1. The molecular formula is C10H13IN2O3S. The van der Waals surface area contributed by atoms with Crippen LogP contribution in [0.15, 0.2) is 11.3 Å². The topological polar surface area (TPSA) is 72.6 Å². The van der Waals surface area contributed by atoms with E-state index >= 15 is 0 Å². The fourth-order valence-corrected chi connectivity index (χ4v) is 4.16. The van der Waals surface area contributed by atoms with Gasteiger partial charge in [-0.3, -0.25) is 9.69 Å². The molecule has 0 radical (unpaired) electrons. The van der Waals surface area contributed by atoms with Crippen LogP contribution in [0, 0.1) is 0 Å². The van der Waals surface area contributed by atoms with Crippen molar-refractivity contribution in [2.75, 3.05) is 16.8 Å². The van der Waals surface area contributed by atoms with E-state index in [1.165, 1.54) is 4.90 Å². The van der Waals surface area contributed by atoms with E-state index in [-0.39, 0.29) is 11.3 Å². The highest BCUT2D eigenvalue weighted by Crippen LogP contribution is 2.40. The van der Waals surface area contributed by atoms with Crippen molar-refractivity contribution in [2.45, 2.75) is 18.3 Å². The molecule has 1 fully saturated rings. The molecule has 0 aromatic carbocycles. The second-order valence-electron chi connectivity index (χ2n) is 3.74. The normalized spacial score (nSPS) is 27.7. The van der Waals surface area contributed by atoms with Gasteiger partial charge in [-0.15, -0.1) is 11.8 Å². The molecule has 2 rings (SSSR count). The minimum Gasteiger partial charge on any atom is -0.461 e. The third-order valence-corrected chi connectivity index (χ3v) is 5.00. The van der Waals surface area contributed by atoms with E-state index in [1.807, 2.05) is 0 Å². The molecule has 7 heteroatoms. The average molecular weight is 368 g/mol. The Morgan fingerprint density at radius 1 is 1.71 bits per heavy atom. The van der Waals surface area contributed by atoms with E-state index in [2.05, 4.69) is 22.6 Å². The third kappa shape index (κ3) is 2.08. The molecule has 1 unspecified atom stereocenters. The number of ether oxygens (including phenoxy) is 1. The van der Waals surface area contributed by atoms with Crippen LogP contribution >= 0.6 is 34.4 Å². The van der Waals surface area contributed by atoms with Crippen LogP contribution in [0.3, 0.4) is 0 Å². The van der Waals surface area contributed by atoms with E-state index in [1.54, 1.807) is 18.7 Å². The number of esters is 1.